The van der Waals surface area contributed by atoms with Crippen molar-refractivity contribution < 1.29 is 4.39 Å². The molecule has 1 unspecified atom stereocenters. The Kier molecular flexibility index (Phi) is 6.27. The minimum Gasteiger partial charge on any atom is -0.207 e. The third-order valence-corrected chi connectivity index (χ3v) is 3.10. The van der Waals surface area contributed by atoms with E-state index in [2.05, 4.69) is 38.1 Å². The highest BCUT2D eigenvalue weighted by molar-refractivity contribution is 5.34. The molecule has 0 aliphatic rings. The van der Waals surface area contributed by atoms with Gasteiger partial charge in [-0.25, -0.2) is 4.39 Å². The van der Waals surface area contributed by atoms with Gasteiger partial charge in [0.2, 0.25) is 0 Å². The lowest BCUT2D eigenvalue weighted by molar-refractivity contribution is 0.622. The Morgan fingerprint density at radius 2 is 1.53 bits per heavy atom. The van der Waals surface area contributed by atoms with Gasteiger partial charge in [-0.1, -0.05) is 62.7 Å². The van der Waals surface area contributed by atoms with Crippen LogP contribution >= 0.6 is 0 Å². The Hall–Kier alpha value is -1.63. The maximum Gasteiger partial charge on any atom is 0.123 e. The molecule has 0 aliphatic carbocycles. The molecule has 0 aromatic heterocycles. The molecule has 0 heterocycles. The van der Waals surface area contributed by atoms with Crippen molar-refractivity contribution in [2.45, 2.75) is 40.0 Å². The number of aryl methyl sites for hydroxylation is 1. The standard InChI is InChI=1S/C16H17F.C2H6/c1-3-16(13-7-4-6-12(2)10-13)14-8-5-9-15(17)11-14;1-2/h4-11,16H,3H2,1-2H3;1-2H3. The van der Waals surface area contributed by atoms with E-state index in [0.29, 0.717) is 0 Å². The molecule has 0 nitrogen and oxygen atoms in total. The van der Waals surface area contributed by atoms with E-state index in [0.717, 1.165) is 12.0 Å². The zero-order chi connectivity index (χ0) is 14.3. The third-order valence-electron chi connectivity index (χ3n) is 3.10. The van der Waals surface area contributed by atoms with Crippen molar-refractivity contribution in [1.82, 2.24) is 0 Å². The molecule has 0 saturated carbocycles. The lowest BCUT2D eigenvalue weighted by Gasteiger charge is -2.16. The molecule has 19 heavy (non-hydrogen) atoms. The Balaban J connectivity index is 0.000000861. The largest absolute Gasteiger partial charge is 0.207 e. The summed E-state index contributed by atoms with van der Waals surface area (Å²) in [6.07, 6.45) is 0.979. The number of halogens is 1. The Morgan fingerprint density at radius 1 is 0.947 bits per heavy atom. The summed E-state index contributed by atoms with van der Waals surface area (Å²) >= 11 is 0. The maximum absolute atomic E-state index is 13.3. The van der Waals surface area contributed by atoms with E-state index in [1.807, 2.05) is 19.9 Å². The molecule has 102 valence electrons. The van der Waals surface area contributed by atoms with E-state index in [9.17, 15) is 4.39 Å². The molecule has 0 spiro atoms. The van der Waals surface area contributed by atoms with Gasteiger partial charge >= 0.3 is 0 Å². The van der Waals surface area contributed by atoms with Gasteiger partial charge in [0.05, 0.1) is 0 Å². The summed E-state index contributed by atoms with van der Waals surface area (Å²) in [7, 11) is 0. The maximum atomic E-state index is 13.3. The van der Waals surface area contributed by atoms with Crippen LogP contribution in [0.15, 0.2) is 48.5 Å². The molecule has 0 saturated heterocycles. The van der Waals surface area contributed by atoms with Gasteiger partial charge in [0.15, 0.2) is 0 Å². The fraction of sp³-hybridized carbons (Fsp3) is 0.333. The van der Waals surface area contributed by atoms with E-state index in [1.54, 1.807) is 12.1 Å². The van der Waals surface area contributed by atoms with Crippen molar-refractivity contribution in [2.24, 2.45) is 0 Å². The number of benzene rings is 2. The average molecular weight is 258 g/mol. The normalized spacial score (nSPS) is 11.4. The molecule has 0 bridgehead atoms. The molecule has 2 aromatic carbocycles. The summed E-state index contributed by atoms with van der Waals surface area (Å²) in [5, 5.41) is 0. The fourth-order valence-corrected chi connectivity index (χ4v) is 2.27. The highest BCUT2D eigenvalue weighted by Crippen LogP contribution is 2.28. The van der Waals surface area contributed by atoms with Crippen LogP contribution in [0.2, 0.25) is 0 Å². The van der Waals surface area contributed by atoms with Gasteiger partial charge in [0, 0.05) is 5.92 Å². The smallest absolute Gasteiger partial charge is 0.123 e. The molecule has 0 aliphatic heterocycles. The van der Waals surface area contributed by atoms with Crippen molar-refractivity contribution in [2.75, 3.05) is 0 Å². The first kappa shape index (κ1) is 15.4. The minimum atomic E-state index is -0.159. The number of rotatable bonds is 3. The molecule has 0 amide bonds. The van der Waals surface area contributed by atoms with E-state index < -0.39 is 0 Å². The average Bonchev–Trinajstić information content (AvgIpc) is 2.42. The highest BCUT2D eigenvalue weighted by atomic mass is 19.1. The van der Waals surface area contributed by atoms with Crippen LogP contribution in [-0.2, 0) is 0 Å². The minimum absolute atomic E-state index is 0.159. The second-order valence-electron chi connectivity index (χ2n) is 4.43. The molecule has 0 radical (unpaired) electrons. The Labute approximate surface area is 116 Å². The van der Waals surface area contributed by atoms with Gasteiger partial charge < -0.3 is 0 Å². The Morgan fingerprint density at radius 3 is 2.05 bits per heavy atom. The SMILES string of the molecule is CC.CCC(c1cccc(C)c1)c1cccc(F)c1. The summed E-state index contributed by atoms with van der Waals surface area (Å²) in [5.41, 5.74) is 3.56. The summed E-state index contributed by atoms with van der Waals surface area (Å²) in [4.78, 5) is 0. The van der Waals surface area contributed by atoms with Crippen LogP contribution in [-0.4, -0.2) is 0 Å². The summed E-state index contributed by atoms with van der Waals surface area (Å²) in [6.45, 7) is 8.22. The van der Waals surface area contributed by atoms with Crippen LogP contribution < -0.4 is 0 Å². The molecule has 1 heteroatoms. The van der Waals surface area contributed by atoms with Crippen molar-refractivity contribution >= 4 is 0 Å². The summed E-state index contributed by atoms with van der Waals surface area (Å²) in [5.74, 6) is 0.124. The van der Waals surface area contributed by atoms with Gasteiger partial charge in [0.1, 0.15) is 5.82 Å². The summed E-state index contributed by atoms with van der Waals surface area (Å²) < 4.78 is 13.3. The van der Waals surface area contributed by atoms with Crippen molar-refractivity contribution in [1.29, 1.82) is 0 Å². The zero-order valence-corrected chi connectivity index (χ0v) is 12.3. The predicted octanol–water partition coefficient (Wildman–Crippen LogP) is 5.70. The number of hydrogen-bond acceptors (Lipinski definition) is 0. The topological polar surface area (TPSA) is 0 Å². The molecule has 2 aromatic rings. The van der Waals surface area contributed by atoms with E-state index >= 15 is 0 Å². The van der Waals surface area contributed by atoms with Crippen molar-refractivity contribution in [3.8, 4) is 0 Å². The van der Waals surface area contributed by atoms with Gasteiger partial charge in [0.25, 0.3) is 0 Å². The molecular formula is C18H23F. The predicted molar refractivity (Wildman–Crippen MR) is 81.1 cm³/mol. The first-order valence-electron chi connectivity index (χ1n) is 7.02. The first-order chi connectivity index (χ1) is 9.20. The lowest BCUT2D eigenvalue weighted by Crippen LogP contribution is -2.00. The van der Waals surface area contributed by atoms with Crippen LogP contribution in [0.1, 0.15) is 49.8 Å². The number of hydrogen-bond donors (Lipinski definition) is 0. The zero-order valence-electron chi connectivity index (χ0n) is 12.3. The molecular weight excluding hydrogens is 235 g/mol. The molecule has 0 fully saturated rings. The van der Waals surface area contributed by atoms with E-state index in [4.69, 9.17) is 0 Å². The van der Waals surface area contributed by atoms with Crippen LogP contribution in [0.25, 0.3) is 0 Å². The van der Waals surface area contributed by atoms with Gasteiger partial charge in [-0.05, 0) is 36.6 Å². The van der Waals surface area contributed by atoms with Crippen LogP contribution in [0.4, 0.5) is 4.39 Å². The van der Waals surface area contributed by atoms with Gasteiger partial charge in [-0.15, -0.1) is 0 Å². The third kappa shape index (κ3) is 4.20. The van der Waals surface area contributed by atoms with Crippen LogP contribution in [0.3, 0.4) is 0 Å². The van der Waals surface area contributed by atoms with Crippen LogP contribution in [0, 0.1) is 12.7 Å². The van der Waals surface area contributed by atoms with Crippen LogP contribution in [0.5, 0.6) is 0 Å². The van der Waals surface area contributed by atoms with E-state index in [-0.39, 0.29) is 11.7 Å². The molecule has 1 atom stereocenters. The first-order valence-corrected chi connectivity index (χ1v) is 7.02. The van der Waals surface area contributed by atoms with Crippen molar-refractivity contribution in [3.05, 3.63) is 71.0 Å². The fourth-order valence-electron chi connectivity index (χ4n) is 2.27. The lowest BCUT2D eigenvalue weighted by atomic mass is 9.88. The van der Waals surface area contributed by atoms with E-state index in [1.165, 1.54) is 17.2 Å². The monoisotopic (exact) mass is 258 g/mol. The quantitative estimate of drug-likeness (QED) is 0.662. The molecule has 0 N–H and O–H groups in total. The Bertz CT molecular complexity index is 457. The summed E-state index contributed by atoms with van der Waals surface area (Å²) in [6, 6.07) is 15.4. The second kappa shape index (κ2) is 7.73. The van der Waals surface area contributed by atoms with Gasteiger partial charge in [-0.2, -0.15) is 0 Å². The van der Waals surface area contributed by atoms with Crippen molar-refractivity contribution in [3.63, 3.8) is 0 Å². The van der Waals surface area contributed by atoms with Gasteiger partial charge in [-0.3, -0.25) is 0 Å². The second-order valence-corrected chi connectivity index (χ2v) is 4.43. The highest BCUT2D eigenvalue weighted by Gasteiger charge is 2.12. The molecule has 2 rings (SSSR count).